The monoisotopic (exact) mass is 533 g/mol. The second kappa shape index (κ2) is 9.16. The summed E-state index contributed by atoms with van der Waals surface area (Å²) in [5, 5.41) is 7.71. The molecule has 10 nitrogen and oxygen atoms in total. The van der Waals surface area contributed by atoms with Crippen molar-refractivity contribution < 1.29 is 27.5 Å². The van der Waals surface area contributed by atoms with Crippen LogP contribution in [0.1, 0.15) is 21.6 Å². The van der Waals surface area contributed by atoms with Gasteiger partial charge in [-0.3, -0.25) is 19.3 Å². The Morgan fingerprint density at radius 2 is 2.03 bits per heavy atom. The lowest BCUT2D eigenvalue weighted by atomic mass is 10.1. The number of halogens is 4. The van der Waals surface area contributed by atoms with E-state index in [4.69, 9.17) is 22.1 Å². The quantitative estimate of drug-likeness (QED) is 0.428. The number of fused-ring (bicyclic) bond motifs is 3. The average Bonchev–Trinajstić information content (AvgIpc) is 3.24. The molecule has 0 atom stereocenters. The predicted molar refractivity (Wildman–Crippen MR) is 127 cm³/mol. The number of anilines is 1. The number of ether oxygens (including phenoxy) is 1. The number of rotatable bonds is 4. The van der Waals surface area contributed by atoms with Gasteiger partial charge in [-0.15, -0.1) is 0 Å². The van der Waals surface area contributed by atoms with E-state index in [1.54, 1.807) is 17.9 Å². The number of amides is 2. The summed E-state index contributed by atoms with van der Waals surface area (Å²) in [6, 6.07) is 5.05. The molecule has 1 aliphatic heterocycles. The first-order valence-corrected chi connectivity index (χ1v) is 11.3. The van der Waals surface area contributed by atoms with Crippen molar-refractivity contribution in [3.05, 3.63) is 58.5 Å². The van der Waals surface area contributed by atoms with Crippen molar-refractivity contribution in [3.63, 3.8) is 0 Å². The summed E-state index contributed by atoms with van der Waals surface area (Å²) in [7, 11) is 1.71. The van der Waals surface area contributed by atoms with E-state index in [1.807, 2.05) is 0 Å². The van der Waals surface area contributed by atoms with E-state index in [0.717, 1.165) is 17.1 Å². The van der Waals surface area contributed by atoms with Gasteiger partial charge in [0.15, 0.2) is 0 Å². The number of benzene rings is 1. The molecule has 0 saturated carbocycles. The van der Waals surface area contributed by atoms with Crippen molar-refractivity contribution in [2.75, 3.05) is 25.5 Å². The third kappa shape index (κ3) is 4.51. The molecule has 3 aromatic heterocycles. The van der Waals surface area contributed by atoms with Gasteiger partial charge in [0.25, 0.3) is 11.8 Å². The third-order valence-electron chi connectivity index (χ3n) is 5.98. The minimum Gasteiger partial charge on any atom is -0.383 e. The van der Waals surface area contributed by atoms with Crippen LogP contribution in [-0.4, -0.2) is 61.3 Å². The molecule has 2 amide bonds. The Morgan fingerprint density at radius 3 is 2.70 bits per heavy atom. The number of alkyl halides is 3. The zero-order valence-corrected chi connectivity index (χ0v) is 20.0. The first-order valence-electron chi connectivity index (χ1n) is 11.0. The number of pyridine rings is 2. The summed E-state index contributed by atoms with van der Waals surface area (Å²) >= 11 is 6.49. The van der Waals surface area contributed by atoms with Crippen LogP contribution in [0, 0.1) is 0 Å². The van der Waals surface area contributed by atoms with E-state index in [-0.39, 0.29) is 48.4 Å². The van der Waals surface area contributed by atoms with Gasteiger partial charge in [-0.1, -0.05) is 11.6 Å². The van der Waals surface area contributed by atoms with Crippen molar-refractivity contribution in [1.29, 1.82) is 0 Å². The summed E-state index contributed by atoms with van der Waals surface area (Å²) in [5.41, 5.74) is 6.38. The molecule has 14 heteroatoms. The van der Waals surface area contributed by atoms with Crippen LogP contribution in [0.4, 0.5) is 19.0 Å². The number of hydrogen-bond donors (Lipinski definition) is 1. The Morgan fingerprint density at radius 1 is 1.24 bits per heavy atom. The summed E-state index contributed by atoms with van der Waals surface area (Å²) in [5.74, 6) is -0.900. The summed E-state index contributed by atoms with van der Waals surface area (Å²) < 4.78 is 45.7. The van der Waals surface area contributed by atoms with Crippen LogP contribution in [0.25, 0.3) is 21.8 Å². The zero-order chi connectivity index (χ0) is 26.5. The van der Waals surface area contributed by atoms with Crippen LogP contribution in [-0.2, 0) is 29.3 Å². The maximum atomic E-state index is 13.8. The number of hydrogen-bond acceptors (Lipinski definition) is 7. The lowest BCUT2D eigenvalue weighted by molar-refractivity contribution is -0.160. The largest absolute Gasteiger partial charge is 0.417 e. The third-order valence-corrected chi connectivity index (χ3v) is 6.29. The van der Waals surface area contributed by atoms with Crippen molar-refractivity contribution in [3.8, 4) is 0 Å². The van der Waals surface area contributed by atoms with Crippen LogP contribution in [0.3, 0.4) is 0 Å². The maximum Gasteiger partial charge on any atom is 0.417 e. The van der Waals surface area contributed by atoms with Crippen LogP contribution in [0.5, 0.6) is 0 Å². The molecule has 1 aromatic carbocycles. The minimum atomic E-state index is -4.56. The van der Waals surface area contributed by atoms with Crippen LogP contribution in [0.2, 0.25) is 5.02 Å². The number of aryl methyl sites for hydroxylation is 1. The smallest absolute Gasteiger partial charge is 0.383 e. The molecule has 37 heavy (non-hydrogen) atoms. The molecule has 0 spiro atoms. The fourth-order valence-corrected chi connectivity index (χ4v) is 4.39. The molecule has 0 aliphatic carbocycles. The number of hydrazine groups is 1. The second-order valence-corrected chi connectivity index (χ2v) is 8.75. The van der Waals surface area contributed by atoms with Gasteiger partial charge in [-0.2, -0.15) is 18.3 Å². The van der Waals surface area contributed by atoms with E-state index in [2.05, 4.69) is 15.1 Å². The minimum absolute atomic E-state index is 0.0504. The van der Waals surface area contributed by atoms with Crippen LogP contribution < -0.4 is 5.73 Å². The normalized spacial score (nSPS) is 14.5. The summed E-state index contributed by atoms with van der Waals surface area (Å²) in [6.45, 7) is -0.312. The highest BCUT2D eigenvalue weighted by atomic mass is 35.5. The number of morpholine rings is 1. The van der Waals surface area contributed by atoms with E-state index in [0.29, 0.717) is 28.0 Å². The lowest BCUT2D eigenvalue weighted by Crippen LogP contribution is -2.54. The van der Waals surface area contributed by atoms with Gasteiger partial charge in [-0.25, -0.2) is 15.0 Å². The Labute approximate surface area is 212 Å². The molecule has 192 valence electrons. The Kier molecular flexibility index (Phi) is 6.12. The number of nitrogens with zero attached hydrogens (tertiary/aromatic N) is 6. The fourth-order valence-electron chi connectivity index (χ4n) is 4.15. The molecular formula is C23H19ClF3N7O3. The standard InChI is InChI=1S/C23H19ClF3N7O3/c1-32-20-15-6-14(17(24)7-18(15)31-21(28)16(20)9-30-32)22(36)34(33-4-5-37-11-19(33)35)10-13-3-2-12(8-29-13)23(25,26)27/h2-3,6-9H,4-5,10-11H2,1H3,(H2,28,31). The molecule has 1 aliphatic rings. The molecule has 5 rings (SSSR count). The number of nitrogen functional groups attached to an aromatic ring is 1. The number of carbonyl (C=O) groups excluding carboxylic acids is 2. The highest BCUT2D eigenvalue weighted by Gasteiger charge is 2.33. The van der Waals surface area contributed by atoms with Gasteiger partial charge in [0, 0.05) is 18.6 Å². The topological polar surface area (TPSA) is 119 Å². The van der Waals surface area contributed by atoms with Gasteiger partial charge in [0.1, 0.15) is 12.4 Å². The Hall–Kier alpha value is -3.97. The van der Waals surface area contributed by atoms with E-state index in [9.17, 15) is 22.8 Å². The van der Waals surface area contributed by atoms with Crippen molar-refractivity contribution in [2.24, 2.45) is 7.05 Å². The maximum absolute atomic E-state index is 13.8. The molecule has 0 bridgehead atoms. The van der Waals surface area contributed by atoms with Gasteiger partial charge in [0.05, 0.1) is 64.2 Å². The highest BCUT2D eigenvalue weighted by Crippen LogP contribution is 2.33. The number of carbonyl (C=O) groups is 2. The first kappa shape index (κ1) is 24.7. The molecular weight excluding hydrogens is 515 g/mol. The number of nitrogens with two attached hydrogens (primary N) is 1. The van der Waals surface area contributed by atoms with Crippen molar-refractivity contribution >= 4 is 51.0 Å². The molecule has 0 radical (unpaired) electrons. The average molecular weight is 534 g/mol. The number of aromatic nitrogens is 4. The lowest BCUT2D eigenvalue weighted by Gasteiger charge is -2.37. The molecule has 2 N–H and O–H groups in total. The van der Waals surface area contributed by atoms with E-state index >= 15 is 0 Å². The van der Waals surface area contributed by atoms with E-state index < -0.39 is 23.6 Å². The molecule has 4 aromatic rings. The predicted octanol–water partition coefficient (Wildman–Crippen LogP) is 3.19. The van der Waals surface area contributed by atoms with Gasteiger partial charge < -0.3 is 10.5 Å². The van der Waals surface area contributed by atoms with Crippen LogP contribution in [0.15, 0.2) is 36.7 Å². The first-order chi connectivity index (χ1) is 17.5. The molecule has 0 unspecified atom stereocenters. The van der Waals surface area contributed by atoms with Crippen molar-refractivity contribution in [2.45, 2.75) is 12.7 Å². The SMILES string of the molecule is Cn1ncc2c(N)nc3cc(Cl)c(C(=O)N(Cc4ccc(C(F)(F)F)cn4)N4CCOCC4=O)cc3c21. The highest BCUT2D eigenvalue weighted by molar-refractivity contribution is 6.35. The van der Waals surface area contributed by atoms with E-state index in [1.165, 1.54) is 17.1 Å². The molecule has 4 heterocycles. The Bertz CT molecular complexity index is 1540. The Balaban J connectivity index is 1.59. The van der Waals surface area contributed by atoms with Crippen LogP contribution >= 0.6 is 11.6 Å². The second-order valence-electron chi connectivity index (χ2n) is 8.34. The zero-order valence-electron chi connectivity index (χ0n) is 19.3. The summed E-state index contributed by atoms with van der Waals surface area (Å²) in [4.78, 5) is 34.7. The van der Waals surface area contributed by atoms with Gasteiger partial charge in [-0.05, 0) is 24.3 Å². The molecule has 1 saturated heterocycles. The fraction of sp³-hybridized carbons (Fsp3) is 0.261. The van der Waals surface area contributed by atoms with Crippen molar-refractivity contribution in [1.82, 2.24) is 29.8 Å². The van der Waals surface area contributed by atoms with Gasteiger partial charge in [0.2, 0.25) is 0 Å². The summed E-state index contributed by atoms with van der Waals surface area (Å²) in [6.07, 6.45) is -2.33. The molecule has 1 fully saturated rings. The van der Waals surface area contributed by atoms with Gasteiger partial charge >= 0.3 is 6.18 Å².